The summed E-state index contributed by atoms with van der Waals surface area (Å²) in [4.78, 5) is 14.2. The van der Waals surface area contributed by atoms with Crippen LogP contribution in [-0.4, -0.2) is 35.1 Å². The molecule has 1 unspecified atom stereocenters. The van der Waals surface area contributed by atoms with Crippen LogP contribution in [0.2, 0.25) is 0 Å². The van der Waals surface area contributed by atoms with E-state index in [4.69, 9.17) is 0 Å². The van der Waals surface area contributed by atoms with E-state index in [0.29, 0.717) is 6.42 Å². The van der Waals surface area contributed by atoms with Gasteiger partial charge in [-0.05, 0) is 31.6 Å². The smallest absolute Gasteiger partial charge is 0.222 e. The summed E-state index contributed by atoms with van der Waals surface area (Å²) in [5.74, 6) is 1.05. The third kappa shape index (κ3) is 3.71. The molecule has 1 atom stereocenters. The first-order chi connectivity index (χ1) is 8.81. The lowest BCUT2D eigenvalue weighted by Gasteiger charge is -2.35. The molecule has 18 heavy (non-hydrogen) atoms. The highest BCUT2D eigenvalue weighted by atomic mass is 16.3. The van der Waals surface area contributed by atoms with Crippen LogP contribution in [0.3, 0.4) is 0 Å². The van der Waals surface area contributed by atoms with Crippen molar-refractivity contribution in [3.8, 4) is 0 Å². The zero-order valence-electron chi connectivity index (χ0n) is 11.4. The second kappa shape index (κ2) is 7.13. The molecule has 0 spiro atoms. The number of amides is 1. The van der Waals surface area contributed by atoms with Crippen LogP contribution in [0.1, 0.15) is 64.2 Å². The Kier molecular flexibility index (Phi) is 5.48. The molecule has 1 heterocycles. The van der Waals surface area contributed by atoms with Crippen molar-refractivity contribution in [1.82, 2.24) is 4.90 Å². The second-order valence-electron chi connectivity index (χ2n) is 5.96. The molecule has 3 heteroatoms. The van der Waals surface area contributed by atoms with Crippen molar-refractivity contribution >= 4 is 5.91 Å². The summed E-state index contributed by atoms with van der Waals surface area (Å²) < 4.78 is 0. The Hall–Kier alpha value is -0.570. The number of carbonyl (C=O) groups is 1. The molecule has 3 nitrogen and oxygen atoms in total. The number of aliphatic hydroxyl groups excluding tert-OH is 1. The Labute approximate surface area is 111 Å². The van der Waals surface area contributed by atoms with Crippen molar-refractivity contribution in [3.05, 3.63) is 0 Å². The Bertz CT molecular complexity index is 261. The fraction of sp³-hybridized carbons (Fsp3) is 0.933. The van der Waals surface area contributed by atoms with Gasteiger partial charge in [-0.15, -0.1) is 0 Å². The third-order valence-corrected chi connectivity index (χ3v) is 4.65. The molecule has 0 aromatic rings. The molecule has 2 rings (SSSR count). The molecule has 1 amide bonds. The topological polar surface area (TPSA) is 40.5 Å². The lowest BCUT2D eigenvalue weighted by molar-refractivity contribution is -0.136. The Morgan fingerprint density at radius 3 is 2.50 bits per heavy atom. The fourth-order valence-corrected chi connectivity index (χ4v) is 3.47. The maximum Gasteiger partial charge on any atom is 0.222 e. The van der Waals surface area contributed by atoms with E-state index in [2.05, 4.69) is 0 Å². The number of carbonyl (C=O) groups excluding carboxylic acids is 1. The van der Waals surface area contributed by atoms with E-state index in [1.54, 1.807) is 0 Å². The first-order valence-corrected chi connectivity index (χ1v) is 7.71. The van der Waals surface area contributed by atoms with Gasteiger partial charge < -0.3 is 10.0 Å². The van der Waals surface area contributed by atoms with Crippen LogP contribution in [0.15, 0.2) is 0 Å². The fourth-order valence-electron chi connectivity index (χ4n) is 3.47. The third-order valence-electron chi connectivity index (χ3n) is 4.65. The van der Waals surface area contributed by atoms with Gasteiger partial charge in [0.2, 0.25) is 5.91 Å². The maximum absolute atomic E-state index is 12.2. The van der Waals surface area contributed by atoms with Gasteiger partial charge in [-0.1, -0.05) is 32.1 Å². The van der Waals surface area contributed by atoms with Gasteiger partial charge in [0.15, 0.2) is 0 Å². The van der Waals surface area contributed by atoms with Gasteiger partial charge >= 0.3 is 0 Å². The molecule has 1 saturated heterocycles. The summed E-state index contributed by atoms with van der Waals surface area (Å²) >= 11 is 0. The first-order valence-electron chi connectivity index (χ1n) is 7.71. The molecular formula is C15H27NO2. The minimum absolute atomic E-state index is 0.0950. The second-order valence-corrected chi connectivity index (χ2v) is 5.96. The van der Waals surface area contributed by atoms with Gasteiger partial charge in [-0.3, -0.25) is 4.79 Å². The van der Waals surface area contributed by atoms with E-state index in [1.807, 2.05) is 4.90 Å². The lowest BCUT2D eigenvalue weighted by atomic mass is 9.86. The van der Waals surface area contributed by atoms with Gasteiger partial charge in [0.05, 0.1) is 12.6 Å². The molecule has 104 valence electrons. The monoisotopic (exact) mass is 253 g/mol. The highest BCUT2D eigenvalue weighted by Gasteiger charge is 2.26. The average Bonchev–Trinajstić information content (AvgIpc) is 2.45. The molecule has 1 aliphatic heterocycles. The van der Waals surface area contributed by atoms with Gasteiger partial charge in [0, 0.05) is 13.0 Å². The average molecular weight is 253 g/mol. The summed E-state index contributed by atoms with van der Waals surface area (Å²) in [7, 11) is 0. The van der Waals surface area contributed by atoms with Crippen LogP contribution in [0, 0.1) is 5.92 Å². The van der Waals surface area contributed by atoms with Crippen LogP contribution >= 0.6 is 0 Å². The first kappa shape index (κ1) is 13.9. The molecule has 0 radical (unpaired) electrons. The standard InChI is InChI=1S/C15H27NO2/c17-12-14-8-4-5-11-16(14)15(18)10-9-13-6-2-1-3-7-13/h13-14,17H,1-12H2. The Balaban J connectivity index is 1.75. The molecule has 0 bridgehead atoms. The number of hydrogen-bond acceptors (Lipinski definition) is 2. The van der Waals surface area contributed by atoms with E-state index in [9.17, 15) is 9.90 Å². The number of nitrogens with zero attached hydrogens (tertiary/aromatic N) is 1. The van der Waals surface area contributed by atoms with Gasteiger partial charge in [-0.2, -0.15) is 0 Å². The van der Waals surface area contributed by atoms with Crippen LogP contribution in [-0.2, 0) is 4.79 Å². The maximum atomic E-state index is 12.2. The van der Waals surface area contributed by atoms with Gasteiger partial charge in [-0.25, -0.2) is 0 Å². The summed E-state index contributed by atoms with van der Waals surface area (Å²) in [5.41, 5.74) is 0. The van der Waals surface area contributed by atoms with Crippen molar-refractivity contribution < 1.29 is 9.90 Å². The van der Waals surface area contributed by atoms with Crippen molar-refractivity contribution in [1.29, 1.82) is 0 Å². The van der Waals surface area contributed by atoms with Crippen molar-refractivity contribution in [2.45, 2.75) is 70.3 Å². The van der Waals surface area contributed by atoms with Gasteiger partial charge in [0.25, 0.3) is 0 Å². The zero-order chi connectivity index (χ0) is 12.8. The van der Waals surface area contributed by atoms with E-state index in [0.717, 1.165) is 38.1 Å². The lowest BCUT2D eigenvalue weighted by Crippen LogP contribution is -2.45. The van der Waals surface area contributed by atoms with E-state index in [-0.39, 0.29) is 18.6 Å². The number of aliphatic hydroxyl groups is 1. The normalized spacial score (nSPS) is 26.3. The number of piperidine rings is 1. The molecule has 2 aliphatic rings. The molecular weight excluding hydrogens is 226 g/mol. The quantitative estimate of drug-likeness (QED) is 0.837. The van der Waals surface area contributed by atoms with Crippen molar-refractivity contribution in [2.24, 2.45) is 5.92 Å². The Morgan fingerprint density at radius 1 is 1.06 bits per heavy atom. The number of rotatable bonds is 4. The van der Waals surface area contributed by atoms with Crippen molar-refractivity contribution in [3.63, 3.8) is 0 Å². The molecule has 0 aromatic carbocycles. The summed E-state index contributed by atoms with van der Waals surface area (Å²) in [6, 6.07) is 0.0950. The summed E-state index contributed by atoms with van der Waals surface area (Å²) in [6.45, 7) is 0.990. The van der Waals surface area contributed by atoms with E-state index < -0.39 is 0 Å². The Morgan fingerprint density at radius 2 is 1.78 bits per heavy atom. The number of likely N-dealkylation sites (tertiary alicyclic amines) is 1. The van der Waals surface area contributed by atoms with Crippen LogP contribution in [0.5, 0.6) is 0 Å². The highest BCUT2D eigenvalue weighted by Crippen LogP contribution is 2.28. The molecule has 1 N–H and O–H groups in total. The minimum atomic E-state index is 0.0950. The van der Waals surface area contributed by atoms with E-state index in [1.165, 1.54) is 32.1 Å². The van der Waals surface area contributed by atoms with Crippen molar-refractivity contribution in [2.75, 3.05) is 13.2 Å². The molecule has 1 saturated carbocycles. The summed E-state index contributed by atoms with van der Waals surface area (Å²) in [6.07, 6.45) is 11.7. The largest absolute Gasteiger partial charge is 0.394 e. The predicted octanol–water partition coefficient (Wildman–Crippen LogP) is 2.72. The zero-order valence-corrected chi connectivity index (χ0v) is 11.4. The highest BCUT2D eigenvalue weighted by molar-refractivity contribution is 5.76. The van der Waals surface area contributed by atoms with E-state index >= 15 is 0 Å². The van der Waals surface area contributed by atoms with Crippen LogP contribution in [0.4, 0.5) is 0 Å². The summed E-state index contributed by atoms with van der Waals surface area (Å²) in [5, 5.41) is 9.33. The SMILES string of the molecule is O=C(CCC1CCCCC1)N1CCCCC1CO. The van der Waals surface area contributed by atoms with Gasteiger partial charge in [0.1, 0.15) is 0 Å². The predicted molar refractivity (Wildman–Crippen MR) is 72.2 cm³/mol. The van der Waals surface area contributed by atoms with Crippen LogP contribution in [0.25, 0.3) is 0 Å². The minimum Gasteiger partial charge on any atom is -0.394 e. The van der Waals surface area contributed by atoms with Crippen LogP contribution < -0.4 is 0 Å². The molecule has 0 aromatic heterocycles. The number of hydrogen-bond donors (Lipinski definition) is 1. The molecule has 1 aliphatic carbocycles. The molecule has 2 fully saturated rings.